The lowest BCUT2D eigenvalue weighted by molar-refractivity contribution is -0.137. The Hall–Kier alpha value is -2.18. The van der Waals surface area contributed by atoms with Gasteiger partial charge in [-0.15, -0.1) is 0 Å². The number of halogens is 3. The van der Waals surface area contributed by atoms with E-state index in [0.29, 0.717) is 22.6 Å². The van der Waals surface area contributed by atoms with E-state index < -0.39 is 11.7 Å². The van der Waals surface area contributed by atoms with Crippen molar-refractivity contribution in [2.24, 2.45) is 7.05 Å². The van der Waals surface area contributed by atoms with Crippen molar-refractivity contribution in [2.45, 2.75) is 6.18 Å². The number of benzene rings is 1. The quantitative estimate of drug-likeness (QED) is 0.922. The molecule has 0 atom stereocenters. The van der Waals surface area contributed by atoms with Gasteiger partial charge < -0.3 is 10.6 Å². The molecular formula is C13H15F3N4. The minimum atomic E-state index is -4.39. The molecule has 2 N–H and O–H groups in total. The standard InChI is InChI=1S/C13H15F3N4/c1-19(2)11-5-4-8(13(14,15)16)6-9(11)10-7-18-20(3)12(10)17/h4-7H,17H2,1-3H3. The summed E-state index contributed by atoms with van der Waals surface area (Å²) in [4.78, 5) is 1.74. The van der Waals surface area contributed by atoms with Crippen molar-refractivity contribution in [1.29, 1.82) is 0 Å². The molecule has 7 heteroatoms. The van der Waals surface area contributed by atoms with Crippen molar-refractivity contribution < 1.29 is 13.2 Å². The van der Waals surface area contributed by atoms with Gasteiger partial charge in [-0.3, -0.25) is 4.68 Å². The molecule has 4 nitrogen and oxygen atoms in total. The van der Waals surface area contributed by atoms with Gasteiger partial charge in [0.05, 0.1) is 11.8 Å². The third kappa shape index (κ3) is 2.43. The molecule has 0 aliphatic rings. The highest BCUT2D eigenvalue weighted by molar-refractivity contribution is 5.84. The van der Waals surface area contributed by atoms with E-state index in [0.717, 1.165) is 12.1 Å². The Bertz CT molecular complexity index is 629. The van der Waals surface area contributed by atoms with E-state index in [1.807, 2.05) is 0 Å². The van der Waals surface area contributed by atoms with Crippen LogP contribution in [0.2, 0.25) is 0 Å². The SMILES string of the molecule is CN(C)c1ccc(C(F)(F)F)cc1-c1cnn(C)c1N. The second-order valence-electron chi connectivity index (χ2n) is 4.69. The second kappa shape index (κ2) is 4.73. The van der Waals surface area contributed by atoms with Crippen molar-refractivity contribution in [3.05, 3.63) is 30.0 Å². The van der Waals surface area contributed by atoms with Crippen LogP contribution in [0.1, 0.15) is 5.56 Å². The van der Waals surface area contributed by atoms with Gasteiger partial charge in [0.1, 0.15) is 5.82 Å². The highest BCUT2D eigenvalue weighted by Crippen LogP contribution is 2.38. The van der Waals surface area contributed by atoms with Crippen molar-refractivity contribution in [1.82, 2.24) is 9.78 Å². The fourth-order valence-corrected chi connectivity index (χ4v) is 1.97. The topological polar surface area (TPSA) is 47.1 Å². The van der Waals surface area contributed by atoms with Crippen molar-refractivity contribution >= 4 is 11.5 Å². The third-order valence-electron chi connectivity index (χ3n) is 3.08. The molecule has 0 spiro atoms. The number of nitrogen functional groups attached to an aromatic ring is 1. The van der Waals surface area contributed by atoms with Gasteiger partial charge in [0.2, 0.25) is 0 Å². The number of aromatic nitrogens is 2. The maximum Gasteiger partial charge on any atom is 0.416 e. The number of nitrogens with zero attached hydrogens (tertiary/aromatic N) is 3. The molecule has 0 saturated heterocycles. The van der Waals surface area contributed by atoms with Crippen LogP contribution in [0.5, 0.6) is 0 Å². The van der Waals surface area contributed by atoms with Crippen LogP contribution in [-0.2, 0) is 13.2 Å². The van der Waals surface area contributed by atoms with Crippen LogP contribution in [0.15, 0.2) is 24.4 Å². The van der Waals surface area contributed by atoms with E-state index in [1.54, 1.807) is 26.0 Å². The van der Waals surface area contributed by atoms with Crippen LogP contribution in [-0.4, -0.2) is 23.9 Å². The number of hydrogen-bond donors (Lipinski definition) is 1. The van der Waals surface area contributed by atoms with Crippen LogP contribution >= 0.6 is 0 Å². The molecule has 0 aliphatic carbocycles. The first-order valence-corrected chi connectivity index (χ1v) is 5.88. The molecule has 2 rings (SSSR count). The normalized spacial score (nSPS) is 11.7. The van der Waals surface area contributed by atoms with Gasteiger partial charge in [0, 0.05) is 38.0 Å². The maximum absolute atomic E-state index is 12.9. The van der Waals surface area contributed by atoms with Gasteiger partial charge in [-0.1, -0.05) is 0 Å². The Morgan fingerprint density at radius 2 is 1.85 bits per heavy atom. The van der Waals surface area contributed by atoms with Gasteiger partial charge in [-0.2, -0.15) is 18.3 Å². The predicted octanol–water partition coefficient (Wildman–Crippen LogP) is 2.75. The van der Waals surface area contributed by atoms with E-state index in [4.69, 9.17) is 5.73 Å². The monoisotopic (exact) mass is 284 g/mol. The summed E-state index contributed by atoms with van der Waals surface area (Å²) in [5.41, 5.74) is 6.71. The van der Waals surface area contributed by atoms with Crippen molar-refractivity contribution in [2.75, 3.05) is 24.7 Å². The lowest BCUT2D eigenvalue weighted by atomic mass is 10.0. The van der Waals surface area contributed by atoms with Crippen LogP contribution in [0.3, 0.4) is 0 Å². The van der Waals surface area contributed by atoms with Gasteiger partial charge in [0.15, 0.2) is 0 Å². The van der Waals surface area contributed by atoms with Gasteiger partial charge in [-0.25, -0.2) is 0 Å². The first kappa shape index (κ1) is 14.2. The van der Waals surface area contributed by atoms with E-state index in [2.05, 4.69) is 5.10 Å². The molecular weight excluding hydrogens is 269 g/mol. The summed E-state index contributed by atoms with van der Waals surface area (Å²) in [6.07, 6.45) is -2.92. The van der Waals surface area contributed by atoms with E-state index in [-0.39, 0.29) is 0 Å². The molecule has 0 aliphatic heterocycles. The zero-order valence-electron chi connectivity index (χ0n) is 11.4. The molecule has 1 aromatic carbocycles. The average Bonchev–Trinajstić information content (AvgIpc) is 2.68. The summed E-state index contributed by atoms with van der Waals surface area (Å²) in [6.45, 7) is 0. The molecule has 0 saturated carbocycles. The summed E-state index contributed by atoms with van der Waals surface area (Å²) in [7, 11) is 5.17. The van der Waals surface area contributed by atoms with Crippen molar-refractivity contribution in [3.8, 4) is 11.1 Å². The predicted molar refractivity (Wildman–Crippen MR) is 72.4 cm³/mol. The molecule has 1 aromatic heterocycles. The number of anilines is 2. The molecule has 20 heavy (non-hydrogen) atoms. The minimum Gasteiger partial charge on any atom is -0.383 e. The fraction of sp³-hybridized carbons (Fsp3) is 0.308. The summed E-state index contributed by atoms with van der Waals surface area (Å²) < 4.78 is 40.0. The Kier molecular flexibility index (Phi) is 3.37. The highest BCUT2D eigenvalue weighted by atomic mass is 19.4. The number of hydrogen-bond acceptors (Lipinski definition) is 3. The molecule has 1 heterocycles. The first-order chi connectivity index (χ1) is 9.21. The number of nitrogens with two attached hydrogens (primary N) is 1. The Morgan fingerprint density at radius 3 is 2.30 bits per heavy atom. The Labute approximate surface area is 114 Å². The smallest absolute Gasteiger partial charge is 0.383 e. The average molecular weight is 284 g/mol. The van der Waals surface area contributed by atoms with Crippen LogP contribution in [0.25, 0.3) is 11.1 Å². The molecule has 0 bridgehead atoms. The van der Waals surface area contributed by atoms with E-state index in [9.17, 15) is 13.2 Å². The molecule has 0 amide bonds. The van der Waals surface area contributed by atoms with E-state index >= 15 is 0 Å². The summed E-state index contributed by atoms with van der Waals surface area (Å²) in [5.74, 6) is 0.326. The van der Waals surface area contributed by atoms with Crippen LogP contribution in [0.4, 0.5) is 24.7 Å². The fourth-order valence-electron chi connectivity index (χ4n) is 1.97. The first-order valence-electron chi connectivity index (χ1n) is 5.88. The molecule has 0 unspecified atom stereocenters. The lowest BCUT2D eigenvalue weighted by Gasteiger charge is -2.19. The van der Waals surface area contributed by atoms with Gasteiger partial charge in [-0.05, 0) is 18.2 Å². The summed E-state index contributed by atoms with van der Waals surface area (Å²) in [5, 5.41) is 3.98. The molecule has 0 radical (unpaired) electrons. The maximum atomic E-state index is 12.9. The number of aryl methyl sites for hydroxylation is 1. The number of rotatable bonds is 2. The van der Waals surface area contributed by atoms with Crippen LogP contribution < -0.4 is 10.6 Å². The zero-order valence-corrected chi connectivity index (χ0v) is 11.4. The highest BCUT2D eigenvalue weighted by Gasteiger charge is 2.31. The van der Waals surface area contributed by atoms with E-state index in [1.165, 1.54) is 16.9 Å². The minimum absolute atomic E-state index is 0.326. The third-order valence-corrected chi connectivity index (χ3v) is 3.08. The van der Waals surface area contributed by atoms with Crippen LogP contribution in [0, 0.1) is 0 Å². The Morgan fingerprint density at radius 1 is 1.20 bits per heavy atom. The largest absolute Gasteiger partial charge is 0.416 e. The van der Waals surface area contributed by atoms with Crippen molar-refractivity contribution in [3.63, 3.8) is 0 Å². The van der Waals surface area contributed by atoms with Gasteiger partial charge in [0.25, 0.3) is 0 Å². The molecule has 2 aromatic rings. The molecule has 108 valence electrons. The summed E-state index contributed by atoms with van der Waals surface area (Å²) >= 11 is 0. The molecule has 0 fully saturated rings. The van der Waals surface area contributed by atoms with Gasteiger partial charge >= 0.3 is 6.18 Å². The summed E-state index contributed by atoms with van der Waals surface area (Å²) in [6, 6.07) is 3.60. The Balaban J connectivity index is 2.68. The number of alkyl halides is 3. The lowest BCUT2D eigenvalue weighted by Crippen LogP contribution is -2.12. The zero-order chi connectivity index (χ0) is 15.1. The second-order valence-corrected chi connectivity index (χ2v) is 4.69.